The van der Waals surface area contributed by atoms with Crippen molar-refractivity contribution in [1.82, 2.24) is 0 Å². The first-order valence-electron chi connectivity index (χ1n) is 7.79. The molecule has 0 aromatic heterocycles. The van der Waals surface area contributed by atoms with Crippen LogP contribution in [0, 0.1) is 5.92 Å². The fourth-order valence-electron chi connectivity index (χ4n) is 3.01. The summed E-state index contributed by atoms with van der Waals surface area (Å²) in [5.41, 5.74) is 7.16. The summed E-state index contributed by atoms with van der Waals surface area (Å²) in [5, 5.41) is 0. The van der Waals surface area contributed by atoms with Crippen molar-refractivity contribution in [3.63, 3.8) is 0 Å². The average Bonchev–Trinajstić information content (AvgIpc) is 2.42. The molecule has 0 bridgehead atoms. The van der Waals surface area contributed by atoms with E-state index in [0.717, 1.165) is 22.6 Å². The third-order valence-corrected chi connectivity index (χ3v) is 4.72. The predicted octanol–water partition coefficient (Wildman–Crippen LogP) is 4.69. The molecule has 1 unspecified atom stereocenters. The van der Waals surface area contributed by atoms with Crippen LogP contribution in [0.1, 0.15) is 51.5 Å². The Morgan fingerprint density at radius 2 is 2.00 bits per heavy atom. The molecule has 1 saturated carbocycles. The van der Waals surface area contributed by atoms with E-state index in [1.165, 1.54) is 37.7 Å². The van der Waals surface area contributed by atoms with E-state index >= 15 is 0 Å². The van der Waals surface area contributed by atoms with Crippen LogP contribution in [0.2, 0.25) is 0 Å². The minimum atomic E-state index is 0.155. The Balaban J connectivity index is 2.01. The number of hydrogen-bond acceptors (Lipinski definition) is 2. The van der Waals surface area contributed by atoms with Crippen LogP contribution in [0.4, 0.5) is 0 Å². The highest BCUT2D eigenvalue weighted by Gasteiger charge is 2.22. The average molecular weight is 340 g/mol. The van der Waals surface area contributed by atoms with Gasteiger partial charge in [0.15, 0.2) is 0 Å². The molecule has 1 aromatic rings. The first-order valence-corrected chi connectivity index (χ1v) is 8.58. The summed E-state index contributed by atoms with van der Waals surface area (Å²) in [6, 6.07) is 6.42. The van der Waals surface area contributed by atoms with Gasteiger partial charge in [-0.1, -0.05) is 29.3 Å². The fourth-order valence-corrected chi connectivity index (χ4v) is 3.42. The molecule has 0 aliphatic heterocycles. The summed E-state index contributed by atoms with van der Waals surface area (Å²) in [6.07, 6.45) is 7.53. The second kappa shape index (κ2) is 7.46. The number of benzene rings is 1. The molecule has 1 aromatic carbocycles. The van der Waals surface area contributed by atoms with E-state index in [4.69, 9.17) is 10.5 Å². The summed E-state index contributed by atoms with van der Waals surface area (Å²) in [5.74, 6) is 1.92. The topological polar surface area (TPSA) is 35.2 Å². The molecule has 1 aliphatic rings. The van der Waals surface area contributed by atoms with Crippen LogP contribution in [0.3, 0.4) is 0 Å². The maximum atomic E-state index is 6.26. The third-order valence-electron chi connectivity index (χ3n) is 4.23. The maximum absolute atomic E-state index is 6.26. The van der Waals surface area contributed by atoms with Crippen LogP contribution in [0.5, 0.6) is 5.75 Å². The van der Waals surface area contributed by atoms with Gasteiger partial charge in [-0.05, 0) is 68.7 Å². The van der Waals surface area contributed by atoms with Crippen molar-refractivity contribution < 1.29 is 4.74 Å². The highest BCUT2D eigenvalue weighted by atomic mass is 79.9. The van der Waals surface area contributed by atoms with E-state index in [-0.39, 0.29) is 6.04 Å². The molecule has 3 heteroatoms. The van der Waals surface area contributed by atoms with Crippen LogP contribution in [0.25, 0.3) is 0 Å². The van der Waals surface area contributed by atoms with E-state index in [2.05, 4.69) is 41.1 Å². The molecule has 0 heterocycles. The Morgan fingerprint density at radius 3 is 2.60 bits per heavy atom. The zero-order valence-electron chi connectivity index (χ0n) is 12.6. The Kier molecular flexibility index (Phi) is 5.91. The van der Waals surface area contributed by atoms with Crippen molar-refractivity contribution >= 4 is 15.9 Å². The van der Waals surface area contributed by atoms with Gasteiger partial charge in [0.25, 0.3) is 0 Å². The molecule has 20 heavy (non-hydrogen) atoms. The molecule has 1 aliphatic carbocycles. The molecule has 2 nitrogen and oxygen atoms in total. The monoisotopic (exact) mass is 339 g/mol. The van der Waals surface area contributed by atoms with E-state index in [0.29, 0.717) is 6.10 Å². The van der Waals surface area contributed by atoms with Crippen LogP contribution < -0.4 is 10.5 Å². The maximum Gasteiger partial charge on any atom is 0.123 e. The second-order valence-corrected chi connectivity index (χ2v) is 7.02. The third kappa shape index (κ3) is 4.49. The molecule has 2 rings (SSSR count). The van der Waals surface area contributed by atoms with Crippen molar-refractivity contribution in [2.24, 2.45) is 11.7 Å². The second-order valence-electron chi connectivity index (χ2n) is 6.10. The van der Waals surface area contributed by atoms with Gasteiger partial charge < -0.3 is 10.5 Å². The molecule has 112 valence electrons. The Bertz CT molecular complexity index is 425. The van der Waals surface area contributed by atoms with Gasteiger partial charge in [0, 0.05) is 10.5 Å². The van der Waals surface area contributed by atoms with Crippen molar-refractivity contribution in [3.8, 4) is 5.75 Å². The number of hydrogen-bond donors (Lipinski definition) is 1. The molecule has 0 radical (unpaired) electrons. The zero-order chi connectivity index (χ0) is 14.5. The molecule has 0 saturated heterocycles. The molecule has 0 amide bonds. The van der Waals surface area contributed by atoms with Crippen molar-refractivity contribution in [2.75, 3.05) is 0 Å². The van der Waals surface area contributed by atoms with Crippen molar-refractivity contribution in [3.05, 3.63) is 28.2 Å². The Labute approximate surface area is 131 Å². The molecular weight excluding hydrogens is 314 g/mol. The fraction of sp³-hybridized carbons (Fsp3) is 0.647. The van der Waals surface area contributed by atoms with Gasteiger partial charge in [0.05, 0.1) is 6.10 Å². The Hall–Kier alpha value is -0.540. The summed E-state index contributed by atoms with van der Waals surface area (Å²) >= 11 is 3.53. The highest BCUT2D eigenvalue weighted by molar-refractivity contribution is 9.10. The number of rotatable bonds is 5. The summed E-state index contributed by atoms with van der Waals surface area (Å²) in [6.45, 7) is 4.33. The highest BCUT2D eigenvalue weighted by Crippen LogP contribution is 2.31. The molecule has 1 atom stereocenters. The SMILES string of the molecule is CCC1CCC(Oc2ccc(Br)cc2CC(C)N)CC1. The van der Waals surface area contributed by atoms with Crippen LogP contribution in [-0.2, 0) is 6.42 Å². The van der Waals surface area contributed by atoms with E-state index in [1.54, 1.807) is 0 Å². The zero-order valence-corrected chi connectivity index (χ0v) is 14.2. The van der Waals surface area contributed by atoms with Crippen LogP contribution >= 0.6 is 15.9 Å². The van der Waals surface area contributed by atoms with E-state index < -0.39 is 0 Å². The van der Waals surface area contributed by atoms with Gasteiger partial charge in [-0.2, -0.15) is 0 Å². The van der Waals surface area contributed by atoms with Crippen LogP contribution in [-0.4, -0.2) is 12.1 Å². The summed E-state index contributed by atoms with van der Waals surface area (Å²) in [7, 11) is 0. The minimum absolute atomic E-state index is 0.155. The van der Waals surface area contributed by atoms with Gasteiger partial charge in [-0.3, -0.25) is 0 Å². The minimum Gasteiger partial charge on any atom is -0.490 e. The first kappa shape index (κ1) is 15.8. The van der Waals surface area contributed by atoms with Crippen molar-refractivity contribution in [1.29, 1.82) is 0 Å². The first-order chi connectivity index (χ1) is 9.58. The summed E-state index contributed by atoms with van der Waals surface area (Å²) in [4.78, 5) is 0. The molecular formula is C17H26BrNO. The molecule has 2 N–H and O–H groups in total. The lowest BCUT2D eigenvalue weighted by molar-refractivity contribution is 0.128. The van der Waals surface area contributed by atoms with Gasteiger partial charge in [-0.25, -0.2) is 0 Å². The standard InChI is InChI=1S/C17H26BrNO/c1-3-13-4-7-16(8-5-13)20-17-9-6-15(18)11-14(17)10-12(2)19/h6,9,11-13,16H,3-5,7-8,10,19H2,1-2H3. The summed E-state index contributed by atoms with van der Waals surface area (Å²) < 4.78 is 7.35. The van der Waals surface area contributed by atoms with Gasteiger partial charge in [-0.15, -0.1) is 0 Å². The van der Waals surface area contributed by atoms with Crippen molar-refractivity contribution in [2.45, 2.75) is 64.5 Å². The quantitative estimate of drug-likeness (QED) is 0.844. The van der Waals surface area contributed by atoms with E-state index in [1.807, 2.05) is 6.92 Å². The number of ether oxygens (including phenoxy) is 1. The van der Waals surface area contributed by atoms with Gasteiger partial charge in [0.1, 0.15) is 5.75 Å². The molecule has 1 fully saturated rings. The van der Waals surface area contributed by atoms with Gasteiger partial charge >= 0.3 is 0 Å². The lowest BCUT2D eigenvalue weighted by atomic mass is 9.86. The lowest BCUT2D eigenvalue weighted by Crippen LogP contribution is -2.25. The van der Waals surface area contributed by atoms with Gasteiger partial charge in [0.2, 0.25) is 0 Å². The Morgan fingerprint density at radius 1 is 1.30 bits per heavy atom. The number of halogens is 1. The largest absolute Gasteiger partial charge is 0.490 e. The lowest BCUT2D eigenvalue weighted by Gasteiger charge is -2.29. The molecule has 0 spiro atoms. The number of nitrogens with two attached hydrogens (primary N) is 1. The van der Waals surface area contributed by atoms with Crippen LogP contribution in [0.15, 0.2) is 22.7 Å². The normalized spacial score (nSPS) is 24.4. The van der Waals surface area contributed by atoms with E-state index in [9.17, 15) is 0 Å². The smallest absolute Gasteiger partial charge is 0.123 e. The predicted molar refractivity (Wildman–Crippen MR) is 88.2 cm³/mol.